The Bertz CT molecular complexity index is 905. The summed E-state index contributed by atoms with van der Waals surface area (Å²) in [5.41, 5.74) is 3.21. The van der Waals surface area contributed by atoms with Gasteiger partial charge in [-0.05, 0) is 36.8 Å². The van der Waals surface area contributed by atoms with E-state index >= 15 is 0 Å². The number of amides is 2. The average molecular weight is 398 g/mol. The van der Waals surface area contributed by atoms with Crippen LogP contribution in [0.2, 0.25) is 0 Å². The topological polar surface area (TPSA) is 76.7 Å². The van der Waals surface area contributed by atoms with Crippen LogP contribution in [0.15, 0.2) is 52.3 Å². The maximum Gasteiger partial charge on any atom is 0.262 e. The minimum absolute atomic E-state index is 0.186. The quantitative estimate of drug-likeness (QED) is 0.576. The van der Waals surface area contributed by atoms with Gasteiger partial charge in [0.15, 0.2) is 6.29 Å². The molecule has 0 atom stereocenters. The molecule has 7 heteroatoms. The van der Waals surface area contributed by atoms with Crippen LogP contribution in [0.4, 0.5) is 5.69 Å². The fourth-order valence-corrected chi connectivity index (χ4v) is 3.59. The van der Waals surface area contributed by atoms with Gasteiger partial charge in [-0.1, -0.05) is 41.6 Å². The second-order valence-corrected chi connectivity index (χ2v) is 7.38. The van der Waals surface area contributed by atoms with E-state index in [2.05, 4.69) is 10.6 Å². The Balaban J connectivity index is 1.74. The van der Waals surface area contributed by atoms with E-state index in [1.54, 1.807) is 12.1 Å². The summed E-state index contributed by atoms with van der Waals surface area (Å²) in [6.45, 7) is 2.25. The Labute approximate surface area is 168 Å². The number of rotatable bonds is 6. The first-order chi connectivity index (χ1) is 13.5. The van der Waals surface area contributed by atoms with Gasteiger partial charge in [-0.15, -0.1) is 0 Å². The molecule has 0 fully saturated rings. The van der Waals surface area contributed by atoms with Crippen molar-refractivity contribution in [2.45, 2.75) is 18.1 Å². The van der Waals surface area contributed by atoms with Crippen molar-refractivity contribution in [3.05, 3.63) is 64.1 Å². The van der Waals surface area contributed by atoms with Crippen LogP contribution >= 0.6 is 11.8 Å². The molecule has 0 radical (unpaired) electrons. The molecule has 2 aromatic carbocycles. The summed E-state index contributed by atoms with van der Waals surface area (Å²) in [5.74, 6) is -0.448. The zero-order chi connectivity index (χ0) is 20.1. The lowest BCUT2D eigenvalue weighted by Gasteiger charge is -2.20. The van der Waals surface area contributed by atoms with E-state index in [9.17, 15) is 9.59 Å². The van der Waals surface area contributed by atoms with E-state index in [-0.39, 0.29) is 18.4 Å². The minimum atomic E-state index is -0.508. The van der Waals surface area contributed by atoms with Crippen molar-refractivity contribution < 1.29 is 19.1 Å². The molecule has 1 aliphatic heterocycles. The SMILES string of the molecule is COC(CNC(=O)c1ccc2c(c1)NC(=O)/C(=C\c1ccc(C)cc1)S2)OC. The molecule has 2 N–H and O–H groups in total. The van der Waals surface area contributed by atoms with Crippen molar-refractivity contribution >= 4 is 35.3 Å². The molecule has 6 nitrogen and oxygen atoms in total. The summed E-state index contributed by atoms with van der Waals surface area (Å²) < 4.78 is 10.1. The largest absolute Gasteiger partial charge is 0.354 e. The maximum absolute atomic E-state index is 12.5. The molecule has 1 heterocycles. The van der Waals surface area contributed by atoms with Crippen LogP contribution in [0.3, 0.4) is 0 Å². The summed E-state index contributed by atoms with van der Waals surface area (Å²) in [6, 6.07) is 13.2. The number of carbonyl (C=O) groups is 2. The van der Waals surface area contributed by atoms with Gasteiger partial charge in [-0.3, -0.25) is 9.59 Å². The fraction of sp³-hybridized carbons (Fsp3) is 0.238. The van der Waals surface area contributed by atoms with E-state index in [4.69, 9.17) is 9.47 Å². The van der Waals surface area contributed by atoms with E-state index in [1.165, 1.54) is 31.5 Å². The summed E-state index contributed by atoms with van der Waals surface area (Å²) in [4.78, 5) is 26.3. The number of nitrogens with one attached hydrogen (secondary N) is 2. The van der Waals surface area contributed by atoms with E-state index in [0.717, 1.165) is 10.5 Å². The molecule has 0 saturated heterocycles. The van der Waals surface area contributed by atoms with Gasteiger partial charge in [0.1, 0.15) is 0 Å². The molecule has 2 aromatic rings. The number of aryl methyl sites for hydroxylation is 1. The molecule has 146 valence electrons. The van der Waals surface area contributed by atoms with Crippen molar-refractivity contribution in [1.29, 1.82) is 0 Å². The van der Waals surface area contributed by atoms with Crippen molar-refractivity contribution in [2.24, 2.45) is 0 Å². The molecular weight excluding hydrogens is 376 g/mol. The van der Waals surface area contributed by atoms with Crippen LogP contribution in [-0.2, 0) is 14.3 Å². The van der Waals surface area contributed by atoms with E-state index in [1.807, 2.05) is 43.3 Å². The number of benzene rings is 2. The zero-order valence-electron chi connectivity index (χ0n) is 15.9. The van der Waals surface area contributed by atoms with Crippen molar-refractivity contribution in [2.75, 3.05) is 26.1 Å². The van der Waals surface area contributed by atoms with E-state index in [0.29, 0.717) is 16.2 Å². The van der Waals surface area contributed by atoms with Gasteiger partial charge in [-0.25, -0.2) is 0 Å². The first kappa shape index (κ1) is 20.1. The highest BCUT2D eigenvalue weighted by Gasteiger charge is 2.22. The molecule has 0 spiro atoms. The van der Waals surface area contributed by atoms with Crippen LogP contribution in [0.1, 0.15) is 21.5 Å². The van der Waals surface area contributed by atoms with Crippen LogP contribution in [-0.4, -0.2) is 38.9 Å². The summed E-state index contributed by atoms with van der Waals surface area (Å²) >= 11 is 1.39. The lowest BCUT2D eigenvalue weighted by Crippen LogP contribution is -2.34. The number of fused-ring (bicyclic) bond motifs is 1. The molecule has 0 bridgehead atoms. The number of anilines is 1. The normalized spacial score (nSPS) is 14.7. The van der Waals surface area contributed by atoms with Crippen LogP contribution in [0.5, 0.6) is 0 Å². The van der Waals surface area contributed by atoms with Crippen molar-refractivity contribution in [3.63, 3.8) is 0 Å². The van der Waals surface area contributed by atoms with Crippen LogP contribution in [0.25, 0.3) is 6.08 Å². The highest BCUT2D eigenvalue weighted by Crippen LogP contribution is 2.39. The third kappa shape index (κ3) is 4.81. The number of methoxy groups -OCH3 is 2. The number of ether oxygens (including phenoxy) is 2. The molecule has 0 saturated carbocycles. The van der Waals surface area contributed by atoms with Gasteiger partial charge >= 0.3 is 0 Å². The second-order valence-electron chi connectivity index (χ2n) is 6.30. The first-order valence-electron chi connectivity index (χ1n) is 8.75. The van der Waals surface area contributed by atoms with Gasteiger partial charge in [0.05, 0.1) is 17.1 Å². The zero-order valence-corrected chi connectivity index (χ0v) is 16.8. The smallest absolute Gasteiger partial charge is 0.262 e. The van der Waals surface area contributed by atoms with Gasteiger partial charge in [0.25, 0.3) is 11.8 Å². The number of thioether (sulfide) groups is 1. The second kappa shape index (κ2) is 9.05. The molecule has 1 aliphatic rings. The third-order valence-corrected chi connectivity index (χ3v) is 5.36. The Kier molecular flexibility index (Phi) is 6.51. The predicted molar refractivity (Wildman–Crippen MR) is 110 cm³/mol. The van der Waals surface area contributed by atoms with Crippen molar-refractivity contribution in [3.8, 4) is 0 Å². The van der Waals surface area contributed by atoms with Crippen LogP contribution < -0.4 is 10.6 Å². The lowest BCUT2D eigenvalue weighted by atomic mass is 10.1. The summed E-state index contributed by atoms with van der Waals surface area (Å²) in [5, 5.41) is 5.61. The van der Waals surface area contributed by atoms with Gasteiger partial charge in [0, 0.05) is 24.7 Å². The standard InChI is InChI=1S/C21H22N2O4S/c1-13-4-6-14(7-5-13)10-18-21(25)23-16-11-15(8-9-17(16)28-18)20(24)22-12-19(26-2)27-3/h4-11,19H,12H2,1-3H3,(H,22,24)(H,23,25)/b18-10+. The van der Waals surface area contributed by atoms with Gasteiger partial charge in [0.2, 0.25) is 0 Å². The van der Waals surface area contributed by atoms with Crippen molar-refractivity contribution in [1.82, 2.24) is 5.32 Å². The highest BCUT2D eigenvalue weighted by molar-refractivity contribution is 8.04. The molecule has 2 amide bonds. The maximum atomic E-state index is 12.5. The Morgan fingerprint density at radius 1 is 1.18 bits per heavy atom. The third-order valence-electron chi connectivity index (χ3n) is 4.26. The number of carbonyl (C=O) groups excluding carboxylic acids is 2. The van der Waals surface area contributed by atoms with Crippen LogP contribution in [0, 0.1) is 6.92 Å². The summed E-state index contributed by atoms with van der Waals surface area (Å²) in [6.07, 6.45) is 1.35. The minimum Gasteiger partial charge on any atom is -0.354 e. The van der Waals surface area contributed by atoms with E-state index < -0.39 is 6.29 Å². The Morgan fingerprint density at radius 3 is 2.57 bits per heavy atom. The Hall–Kier alpha value is -2.61. The first-order valence-corrected chi connectivity index (χ1v) is 9.57. The number of hydrogen-bond acceptors (Lipinski definition) is 5. The predicted octanol–water partition coefficient (Wildman–Crippen LogP) is 3.43. The van der Waals surface area contributed by atoms with Gasteiger partial charge < -0.3 is 20.1 Å². The Morgan fingerprint density at radius 2 is 1.89 bits per heavy atom. The average Bonchev–Trinajstić information content (AvgIpc) is 2.70. The monoisotopic (exact) mass is 398 g/mol. The fourth-order valence-electron chi connectivity index (χ4n) is 2.66. The summed E-state index contributed by atoms with van der Waals surface area (Å²) in [7, 11) is 3.02. The molecule has 0 aliphatic carbocycles. The lowest BCUT2D eigenvalue weighted by molar-refractivity contribution is -0.112. The molecule has 0 aromatic heterocycles. The molecule has 28 heavy (non-hydrogen) atoms. The molecule has 0 unspecified atom stereocenters. The highest BCUT2D eigenvalue weighted by atomic mass is 32.2. The molecular formula is C21H22N2O4S. The molecule has 3 rings (SSSR count). The number of hydrogen-bond donors (Lipinski definition) is 2. The van der Waals surface area contributed by atoms with Gasteiger partial charge in [-0.2, -0.15) is 0 Å².